The van der Waals surface area contributed by atoms with Gasteiger partial charge in [-0.25, -0.2) is 9.97 Å². The molecule has 0 fully saturated rings. The van der Waals surface area contributed by atoms with Crippen LogP contribution in [0.3, 0.4) is 0 Å². The average molecular weight is 266 g/mol. The molecule has 0 saturated carbocycles. The van der Waals surface area contributed by atoms with E-state index in [4.69, 9.17) is 4.74 Å². The van der Waals surface area contributed by atoms with E-state index in [1.165, 1.54) is 0 Å². The first-order chi connectivity index (χ1) is 9.24. The highest BCUT2D eigenvalue weighted by Gasteiger charge is 2.09. The van der Waals surface area contributed by atoms with Crippen molar-refractivity contribution in [3.63, 3.8) is 0 Å². The molecule has 1 heterocycles. The van der Waals surface area contributed by atoms with E-state index in [1.54, 1.807) is 0 Å². The van der Waals surface area contributed by atoms with Crippen LogP contribution in [0.25, 0.3) is 0 Å². The van der Waals surface area contributed by atoms with E-state index in [0.29, 0.717) is 13.2 Å². The Bertz CT molecular complexity index is 340. The smallest absolute Gasteiger partial charge is 0.158 e. The van der Waals surface area contributed by atoms with E-state index in [-0.39, 0.29) is 0 Å². The maximum atomic E-state index is 5.41. The first-order valence-electron chi connectivity index (χ1n) is 7.19. The standard InChI is InChI=1S/C14H26N4O/c1-5-9-15-12-10-14(18(6-2)7-3)17-13(16-12)11-19-8-4/h10H,5-9,11H2,1-4H3,(H,15,16,17). The monoisotopic (exact) mass is 266 g/mol. The number of rotatable bonds is 9. The van der Waals surface area contributed by atoms with Crippen LogP contribution >= 0.6 is 0 Å². The highest BCUT2D eigenvalue weighted by Crippen LogP contribution is 2.16. The summed E-state index contributed by atoms with van der Waals surface area (Å²) >= 11 is 0. The van der Waals surface area contributed by atoms with E-state index in [2.05, 4.69) is 41.0 Å². The maximum absolute atomic E-state index is 5.41. The number of nitrogens with one attached hydrogen (secondary N) is 1. The van der Waals surface area contributed by atoms with Gasteiger partial charge in [-0.05, 0) is 27.2 Å². The number of ether oxygens (including phenoxy) is 1. The molecule has 19 heavy (non-hydrogen) atoms. The minimum atomic E-state index is 0.465. The number of anilines is 2. The fourth-order valence-corrected chi connectivity index (χ4v) is 1.79. The highest BCUT2D eigenvalue weighted by molar-refractivity contribution is 5.49. The van der Waals surface area contributed by atoms with Gasteiger partial charge < -0.3 is 15.0 Å². The normalized spacial score (nSPS) is 10.5. The van der Waals surface area contributed by atoms with Gasteiger partial charge in [0.25, 0.3) is 0 Å². The van der Waals surface area contributed by atoms with Crippen molar-refractivity contribution >= 4 is 11.6 Å². The lowest BCUT2D eigenvalue weighted by atomic mass is 10.4. The third kappa shape index (κ3) is 5.03. The largest absolute Gasteiger partial charge is 0.374 e. The molecule has 0 amide bonds. The van der Waals surface area contributed by atoms with Gasteiger partial charge in [-0.15, -0.1) is 0 Å². The molecule has 0 spiro atoms. The maximum Gasteiger partial charge on any atom is 0.158 e. The summed E-state index contributed by atoms with van der Waals surface area (Å²) in [5.41, 5.74) is 0. The molecule has 1 aromatic rings. The second-order valence-electron chi connectivity index (χ2n) is 4.26. The van der Waals surface area contributed by atoms with Crippen molar-refractivity contribution in [2.75, 3.05) is 36.5 Å². The van der Waals surface area contributed by atoms with Crippen molar-refractivity contribution in [2.24, 2.45) is 0 Å². The van der Waals surface area contributed by atoms with Gasteiger partial charge in [-0.1, -0.05) is 6.92 Å². The van der Waals surface area contributed by atoms with Gasteiger partial charge >= 0.3 is 0 Å². The molecule has 5 nitrogen and oxygen atoms in total. The summed E-state index contributed by atoms with van der Waals surface area (Å²) < 4.78 is 5.41. The summed E-state index contributed by atoms with van der Waals surface area (Å²) in [5.74, 6) is 2.59. The first-order valence-corrected chi connectivity index (χ1v) is 7.19. The molecule has 0 radical (unpaired) electrons. The summed E-state index contributed by atoms with van der Waals surface area (Å²) in [4.78, 5) is 11.3. The van der Waals surface area contributed by atoms with Gasteiger partial charge in [0.05, 0.1) is 0 Å². The molecular weight excluding hydrogens is 240 g/mol. The summed E-state index contributed by atoms with van der Waals surface area (Å²) in [7, 11) is 0. The van der Waals surface area contributed by atoms with E-state index < -0.39 is 0 Å². The van der Waals surface area contributed by atoms with Crippen LogP contribution in [-0.4, -0.2) is 36.2 Å². The van der Waals surface area contributed by atoms with Crippen molar-refractivity contribution in [3.8, 4) is 0 Å². The molecule has 0 bridgehead atoms. The second kappa shape index (κ2) is 8.69. The van der Waals surface area contributed by atoms with Crippen LogP contribution < -0.4 is 10.2 Å². The van der Waals surface area contributed by atoms with Gasteiger partial charge in [0, 0.05) is 32.3 Å². The first kappa shape index (κ1) is 15.7. The van der Waals surface area contributed by atoms with Crippen LogP contribution in [0.4, 0.5) is 11.6 Å². The molecule has 0 aliphatic carbocycles. The zero-order valence-electron chi connectivity index (χ0n) is 12.6. The van der Waals surface area contributed by atoms with Crippen molar-refractivity contribution in [1.29, 1.82) is 0 Å². The number of nitrogens with zero attached hydrogens (tertiary/aromatic N) is 3. The van der Waals surface area contributed by atoms with Gasteiger partial charge in [0.1, 0.15) is 18.2 Å². The minimum absolute atomic E-state index is 0.465. The predicted octanol–water partition coefficient (Wildman–Crippen LogP) is 2.68. The number of aromatic nitrogens is 2. The summed E-state index contributed by atoms with van der Waals surface area (Å²) in [6.07, 6.45) is 1.07. The molecule has 0 atom stereocenters. The summed E-state index contributed by atoms with van der Waals surface area (Å²) in [6.45, 7) is 12.3. The van der Waals surface area contributed by atoms with Crippen LogP contribution in [0.2, 0.25) is 0 Å². The second-order valence-corrected chi connectivity index (χ2v) is 4.26. The van der Waals surface area contributed by atoms with Crippen LogP contribution in [0, 0.1) is 0 Å². The lowest BCUT2D eigenvalue weighted by Gasteiger charge is -2.21. The Labute approximate surface area is 116 Å². The fourth-order valence-electron chi connectivity index (χ4n) is 1.79. The topological polar surface area (TPSA) is 50.3 Å². The molecule has 0 unspecified atom stereocenters. The fraction of sp³-hybridized carbons (Fsp3) is 0.714. The number of hydrogen-bond acceptors (Lipinski definition) is 5. The van der Waals surface area contributed by atoms with Crippen molar-refractivity contribution in [3.05, 3.63) is 11.9 Å². The zero-order valence-corrected chi connectivity index (χ0v) is 12.6. The molecule has 0 aliphatic heterocycles. The Morgan fingerprint density at radius 1 is 1.16 bits per heavy atom. The van der Waals surface area contributed by atoms with Crippen molar-refractivity contribution in [2.45, 2.75) is 40.7 Å². The van der Waals surface area contributed by atoms with Gasteiger partial charge in [-0.2, -0.15) is 0 Å². The molecule has 5 heteroatoms. The van der Waals surface area contributed by atoms with Gasteiger partial charge in [0.2, 0.25) is 0 Å². The van der Waals surface area contributed by atoms with Crippen LogP contribution in [0.15, 0.2) is 6.07 Å². The Balaban J connectivity index is 2.93. The third-order valence-corrected chi connectivity index (χ3v) is 2.84. The highest BCUT2D eigenvalue weighted by atomic mass is 16.5. The molecule has 1 aromatic heterocycles. The van der Waals surface area contributed by atoms with E-state index in [9.17, 15) is 0 Å². The Morgan fingerprint density at radius 2 is 1.89 bits per heavy atom. The quantitative estimate of drug-likeness (QED) is 0.744. The third-order valence-electron chi connectivity index (χ3n) is 2.84. The van der Waals surface area contributed by atoms with Crippen molar-refractivity contribution in [1.82, 2.24) is 9.97 Å². The lowest BCUT2D eigenvalue weighted by molar-refractivity contribution is 0.128. The Morgan fingerprint density at radius 3 is 2.47 bits per heavy atom. The van der Waals surface area contributed by atoms with Gasteiger partial charge in [0.15, 0.2) is 5.82 Å². The molecule has 0 aromatic carbocycles. The SMILES string of the molecule is CCCNc1cc(N(CC)CC)nc(COCC)n1. The minimum Gasteiger partial charge on any atom is -0.374 e. The van der Waals surface area contributed by atoms with Crippen molar-refractivity contribution < 1.29 is 4.74 Å². The Hall–Kier alpha value is -1.36. The molecule has 108 valence electrons. The van der Waals surface area contributed by atoms with Gasteiger partial charge in [-0.3, -0.25) is 0 Å². The van der Waals surface area contributed by atoms with E-state index in [0.717, 1.165) is 43.5 Å². The summed E-state index contributed by atoms with van der Waals surface area (Å²) in [6, 6.07) is 2.01. The molecule has 1 N–H and O–H groups in total. The van der Waals surface area contributed by atoms with Crippen LogP contribution in [0.1, 0.15) is 39.9 Å². The summed E-state index contributed by atoms with van der Waals surface area (Å²) in [5, 5.41) is 3.32. The molecule has 1 rings (SSSR count). The molecule has 0 saturated heterocycles. The van der Waals surface area contributed by atoms with E-state index >= 15 is 0 Å². The van der Waals surface area contributed by atoms with E-state index in [1.807, 2.05) is 13.0 Å². The van der Waals surface area contributed by atoms with Crippen LogP contribution in [-0.2, 0) is 11.3 Å². The zero-order chi connectivity index (χ0) is 14.1. The molecule has 0 aliphatic rings. The predicted molar refractivity (Wildman–Crippen MR) is 79.7 cm³/mol. The Kier molecular flexibility index (Phi) is 7.18. The number of hydrogen-bond donors (Lipinski definition) is 1. The average Bonchev–Trinajstić information content (AvgIpc) is 2.44. The molecular formula is C14H26N4O. The van der Waals surface area contributed by atoms with Crippen LogP contribution in [0.5, 0.6) is 0 Å². The lowest BCUT2D eigenvalue weighted by Crippen LogP contribution is -2.24.